The number of hydrogen-bond acceptors (Lipinski definition) is 12. The largest absolute Gasteiger partial charge is 0.444 e. The number of hydrogen-bond donors (Lipinski definition) is 1. The number of alkyl carbamates (subject to hydrolysis) is 1. The van der Waals surface area contributed by atoms with E-state index in [2.05, 4.69) is 38.2 Å². The van der Waals surface area contributed by atoms with Crippen LogP contribution in [-0.2, 0) is 21.3 Å². The first kappa shape index (κ1) is 33.6. The van der Waals surface area contributed by atoms with Crippen LogP contribution in [0.25, 0.3) is 22.4 Å². The molecule has 4 aliphatic heterocycles. The number of anilines is 4. The molecule has 1 unspecified atom stereocenters. The van der Waals surface area contributed by atoms with Crippen molar-refractivity contribution in [3.8, 4) is 11.3 Å². The molecule has 8 heterocycles. The van der Waals surface area contributed by atoms with Crippen LogP contribution in [0, 0.1) is 5.41 Å². The van der Waals surface area contributed by atoms with Crippen LogP contribution in [-0.4, -0.2) is 105 Å². The number of likely N-dealkylation sites (N-methyl/N-ethyl adjacent to an activating group) is 1. The van der Waals surface area contributed by atoms with Crippen molar-refractivity contribution in [1.82, 2.24) is 39.8 Å². The third-order valence-corrected chi connectivity index (χ3v) is 10.7. The Balaban J connectivity index is 1.09. The molecule has 0 radical (unpaired) electrons. The summed E-state index contributed by atoms with van der Waals surface area (Å²) in [7, 11) is 3.99. The predicted octanol–water partition coefficient (Wildman–Crippen LogP) is 4.81. The Bertz CT molecular complexity index is 1900. The Kier molecular flexibility index (Phi) is 8.52. The van der Waals surface area contributed by atoms with Crippen LogP contribution < -0.4 is 20.0 Å². The van der Waals surface area contributed by atoms with Gasteiger partial charge in [-0.25, -0.2) is 24.4 Å². The Morgan fingerprint density at radius 1 is 1.02 bits per heavy atom. The van der Waals surface area contributed by atoms with E-state index in [-0.39, 0.29) is 23.8 Å². The molecule has 0 aromatic carbocycles. The summed E-state index contributed by atoms with van der Waals surface area (Å²) in [5.74, 6) is 2.45. The fourth-order valence-electron chi connectivity index (χ4n) is 8.00. The van der Waals surface area contributed by atoms with Crippen LogP contribution in [0.4, 0.5) is 27.9 Å². The Hall–Kier alpha value is -4.50. The molecular formula is C36H49N11O4. The van der Waals surface area contributed by atoms with Gasteiger partial charge in [0.2, 0.25) is 0 Å². The molecule has 272 valence electrons. The smallest absolute Gasteiger partial charge is 0.407 e. The van der Waals surface area contributed by atoms with E-state index in [1.165, 1.54) is 0 Å². The summed E-state index contributed by atoms with van der Waals surface area (Å²) in [5, 5.41) is 12.7. The first-order valence-corrected chi connectivity index (χ1v) is 18.2. The Labute approximate surface area is 298 Å². The van der Waals surface area contributed by atoms with E-state index in [0.717, 1.165) is 104 Å². The molecule has 1 amide bonds. The molecule has 1 N–H and O–H groups in total. The van der Waals surface area contributed by atoms with E-state index in [1.807, 2.05) is 64.1 Å². The van der Waals surface area contributed by atoms with Crippen molar-refractivity contribution < 1.29 is 19.0 Å². The van der Waals surface area contributed by atoms with Crippen LogP contribution in [0.1, 0.15) is 66.0 Å². The minimum Gasteiger partial charge on any atom is -0.444 e. The lowest BCUT2D eigenvalue weighted by Crippen LogP contribution is -2.55. The minimum atomic E-state index is -0.565. The summed E-state index contributed by atoms with van der Waals surface area (Å²) in [6.45, 7) is 12.0. The molecule has 4 aromatic rings. The number of nitrogens with zero attached hydrogens (tertiary/aromatic N) is 10. The van der Waals surface area contributed by atoms with Gasteiger partial charge in [0.15, 0.2) is 29.0 Å². The zero-order valence-electron chi connectivity index (χ0n) is 30.5. The maximum Gasteiger partial charge on any atom is 0.407 e. The SMILES string of the molecule is C[C@@H]1OCC2(CCN(c3cnc4c(N5CCN(C)c6nc(-c7cnn(C)c7)ccc65)nn(C5CCCCO5)c4n3)CC2)[C@@H]1NC(=O)OC(C)(C)C. The highest BCUT2D eigenvalue weighted by molar-refractivity contribution is 5.90. The average molecular weight is 700 g/mol. The van der Waals surface area contributed by atoms with Gasteiger partial charge in [0, 0.05) is 64.1 Å². The molecule has 3 fully saturated rings. The number of fused-ring (bicyclic) bond motifs is 2. The normalized spacial score (nSPS) is 23.6. The second kappa shape index (κ2) is 12.9. The first-order valence-electron chi connectivity index (χ1n) is 18.2. The predicted molar refractivity (Wildman–Crippen MR) is 193 cm³/mol. The molecule has 51 heavy (non-hydrogen) atoms. The van der Waals surface area contributed by atoms with Gasteiger partial charge in [-0.2, -0.15) is 5.10 Å². The highest BCUT2D eigenvalue weighted by Gasteiger charge is 2.50. The highest BCUT2D eigenvalue weighted by Crippen LogP contribution is 2.44. The van der Waals surface area contributed by atoms with Crippen molar-refractivity contribution in [2.75, 3.05) is 61.1 Å². The number of amides is 1. The van der Waals surface area contributed by atoms with Crippen LogP contribution in [0.2, 0.25) is 0 Å². The van der Waals surface area contributed by atoms with Crippen LogP contribution in [0.5, 0.6) is 0 Å². The number of aromatic nitrogens is 7. The van der Waals surface area contributed by atoms with E-state index < -0.39 is 11.7 Å². The second-order valence-electron chi connectivity index (χ2n) is 15.5. The number of nitrogens with one attached hydrogen (secondary N) is 1. The molecule has 0 aliphatic carbocycles. The summed E-state index contributed by atoms with van der Waals surface area (Å²) in [4.78, 5) is 34.9. The second-order valence-corrected chi connectivity index (χ2v) is 15.5. The summed E-state index contributed by atoms with van der Waals surface area (Å²) in [5.41, 5.74) is 3.55. The van der Waals surface area contributed by atoms with Crippen molar-refractivity contribution in [1.29, 1.82) is 0 Å². The third kappa shape index (κ3) is 6.34. The fraction of sp³-hybridized carbons (Fsp3) is 0.611. The third-order valence-electron chi connectivity index (χ3n) is 10.7. The maximum atomic E-state index is 12.8. The maximum absolute atomic E-state index is 12.8. The minimum absolute atomic E-state index is 0.0969. The van der Waals surface area contributed by atoms with Crippen molar-refractivity contribution >= 4 is 40.4 Å². The molecule has 0 bridgehead atoms. The van der Waals surface area contributed by atoms with Gasteiger partial charge in [-0.3, -0.25) is 4.68 Å². The molecule has 0 saturated carbocycles. The number of carbonyl (C=O) groups is 1. The molecule has 3 atom stereocenters. The van der Waals surface area contributed by atoms with Crippen molar-refractivity contribution in [3.63, 3.8) is 0 Å². The number of carbonyl (C=O) groups excluding carboxylic acids is 1. The van der Waals surface area contributed by atoms with Crippen molar-refractivity contribution in [3.05, 3.63) is 30.7 Å². The zero-order valence-corrected chi connectivity index (χ0v) is 30.5. The van der Waals surface area contributed by atoms with E-state index in [4.69, 9.17) is 34.3 Å². The Morgan fingerprint density at radius 2 is 1.84 bits per heavy atom. The number of pyridine rings is 1. The van der Waals surface area contributed by atoms with Gasteiger partial charge in [-0.05, 0) is 71.9 Å². The quantitative estimate of drug-likeness (QED) is 0.306. The van der Waals surface area contributed by atoms with Crippen molar-refractivity contribution in [2.45, 2.75) is 83.8 Å². The van der Waals surface area contributed by atoms with Gasteiger partial charge in [-0.1, -0.05) is 0 Å². The van der Waals surface area contributed by atoms with Crippen LogP contribution in [0.15, 0.2) is 30.7 Å². The fourth-order valence-corrected chi connectivity index (χ4v) is 8.00. The zero-order chi connectivity index (χ0) is 35.5. The van der Waals surface area contributed by atoms with E-state index in [9.17, 15) is 4.79 Å². The van der Waals surface area contributed by atoms with E-state index in [1.54, 1.807) is 4.68 Å². The lowest BCUT2D eigenvalue weighted by molar-refractivity contribution is -0.0368. The van der Waals surface area contributed by atoms with Crippen LogP contribution in [0.3, 0.4) is 0 Å². The topological polar surface area (TPSA) is 141 Å². The van der Waals surface area contributed by atoms with Gasteiger partial charge >= 0.3 is 6.09 Å². The number of ether oxygens (including phenoxy) is 3. The molecule has 4 aromatic heterocycles. The Morgan fingerprint density at radius 3 is 2.57 bits per heavy atom. The summed E-state index contributed by atoms with van der Waals surface area (Å²) in [6, 6.07) is 4.03. The number of rotatable bonds is 5. The standard InChI is InChI=1S/C36H49N11O4/c1-23-30(41-34(48)51-35(2,3)4)36(22-50-23)12-14-45(15-13-36)27-20-37-29-32(40-27)47(28-9-7-8-18-49-28)42-33(29)46-17-16-43(5)31-26(46)11-10-25(39-31)24-19-38-44(6)21-24/h10-11,19-21,23,28,30H,7-9,12-18,22H2,1-6H3,(H,41,48)/t23-,28?,30+/m0/s1. The summed E-state index contributed by atoms with van der Waals surface area (Å²) < 4.78 is 21.8. The molecule has 8 rings (SSSR count). The lowest BCUT2D eigenvalue weighted by atomic mass is 9.73. The van der Waals surface area contributed by atoms with Crippen LogP contribution >= 0.6 is 0 Å². The highest BCUT2D eigenvalue weighted by atomic mass is 16.6. The lowest BCUT2D eigenvalue weighted by Gasteiger charge is -2.42. The van der Waals surface area contributed by atoms with Gasteiger partial charge in [0.25, 0.3) is 0 Å². The van der Waals surface area contributed by atoms with Gasteiger partial charge in [0.1, 0.15) is 11.4 Å². The summed E-state index contributed by atoms with van der Waals surface area (Å²) in [6.07, 6.45) is 9.66. The first-order chi connectivity index (χ1) is 24.5. The van der Waals surface area contributed by atoms with Gasteiger partial charge in [-0.15, -0.1) is 5.10 Å². The van der Waals surface area contributed by atoms with Crippen molar-refractivity contribution in [2.24, 2.45) is 12.5 Å². The monoisotopic (exact) mass is 699 g/mol. The molecule has 4 aliphatic rings. The van der Waals surface area contributed by atoms with Gasteiger partial charge in [0.05, 0.1) is 42.5 Å². The molecule has 15 heteroatoms. The van der Waals surface area contributed by atoms with E-state index >= 15 is 0 Å². The number of aryl methyl sites for hydroxylation is 1. The number of piperidine rings is 1. The molecule has 15 nitrogen and oxygen atoms in total. The molecule has 3 saturated heterocycles. The molecule has 1 spiro atoms. The van der Waals surface area contributed by atoms with E-state index in [0.29, 0.717) is 13.2 Å². The average Bonchev–Trinajstić information content (AvgIpc) is 3.80. The van der Waals surface area contributed by atoms with Gasteiger partial charge < -0.3 is 34.2 Å². The molecular weight excluding hydrogens is 650 g/mol. The summed E-state index contributed by atoms with van der Waals surface area (Å²) >= 11 is 0.